The zero-order valence-corrected chi connectivity index (χ0v) is 12.7. The van der Waals surface area contributed by atoms with Crippen molar-refractivity contribution >= 4 is 27.2 Å². The molecule has 0 aliphatic rings. The lowest BCUT2D eigenvalue weighted by atomic mass is 10.2. The second kappa shape index (κ2) is 5.85. The first kappa shape index (κ1) is 15.2. The highest BCUT2D eigenvalue weighted by Crippen LogP contribution is 2.22. The van der Waals surface area contributed by atoms with Crippen LogP contribution in [0.4, 0.5) is 8.68 Å². The largest absolute Gasteiger partial charge is 0.444 e. The van der Waals surface area contributed by atoms with Crippen molar-refractivity contribution in [3.63, 3.8) is 0 Å². The first-order valence-electron chi connectivity index (χ1n) is 6.72. The van der Waals surface area contributed by atoms with E-state index in [-0.39, 0.29) is 6.61 Å². The summed E-state index contributed by atoms with van der Waals surface area (Å²) in [5.74, 6) is 0. The van der Waals surface area contributed by atoms with E-state index < -0.39 is 21.2 Å². The van der Waals surface area contributed by atoms with Gasteiger partial charge in [0.1, 0.15) is 6.61 Å². The summed E-state index contributed by atoms with van der Waals surface area (Å²) >= 11 is 0. The van der Waals surface area contributed by atoms with Gasteiger partial charge < -0.3 is 4.74 Å². The lowest BCUT2D eigenvalue weighted by Crippen LogP contribution is -2.12. The van der Waals surface area contributed by atoms with Crippen LogP contribution in [0.25, 0.3) is 10.9 Å². The Morgan fingerprint density at radius 3 is 2.52 bits per heavy atom. The molecular formula is C16H12FNO4S. The Labute approximate surface area is 132 Å². The predicted molar refractivity (Wildman–Crippen MR) is 82.3 cm³/mol. The quantitative estimate of drug-likeness (QED) is 0.688. The van der Waals surface area contributed by atoms with E-state index in [2.05, 4.69) is 0 Å². The van der Waals surface area contributed by atoms with Crippen LogP contribution in [0.15, 0.2) is 65.7 Å². The number of fused-ring (bicyclic) bond motifs is 1. The molecule has 0 saturated carbocycles. The SMILES string of the molecule is O=C(OCc1ccccc1)n1ccc2cc(S(=O)(=O)F)ccc21. The Balaban J connectivity index is 1.84. The molecule has 0 atom stereocenters. The number of hydrogen-bond acceptors (Lipinski definition) is 4. The zero-order chi connectivity index (χ0) is 16.4. The van der Waals surface area contributed by atoms with Gasteiger partial charge in [0.15, 0.2) is 0 Å². The molecule has 118 valence electrons. The Kier molecular flexibility index (Phi) is 3.87. The highest BCUT2D eigenvalue weighted by atomic mass is 32.3. The summed E-state index contributed by atoms with van der Waals surface area (Å²) in [4.78, 5) is 11.7. The summed E-state index contributed by atoms with van der Waals surface area (Å²) in [5.41, 5.74) is 1.29. The Morgan fingerprint density at radius 1 is 1.09 bits per heavy atom. The van der Waals surface area contributed by atoms with Crippen molar-refractivity contribution in [2.24, 2.45) is 0 Å². The molecule has 1 heterocycles. The van der Waals surface area contributed by atoms with Crippen LogP contribution < -0.4 is 0 Å². The van der Waals surface area contributed by atoms with Crippen molar-refractivity contribution in [1.29, 1.82) is 0 Å². The second-order valence-electron chi connectivity index (χ2n) is 4.88. The Bertz CT molecular complexity index is 964. The van der Waals surface area contributed by atoms with Gasteiger partial charge in [0.05, 0.1) is 10.4 Å². The number of rotatable bonds is 3. The van der Waals surface area contributed by atoms with Crippen molar-refractivity contribution in [3.8, 4) is 0 Å². The van der Waals surface area contributed by atoms with Gasteiger partial charge in [-0.3, -0.25) is 4.57 Å². The zero-order valence-electron chi connectivity index (χ0n) is 11.8. The molecule has 0 amide bonds. The van der Waals surface area contributed by atoms with Crippen LogP contribution >= 0.6 is 0 Å². The van der Waals surface area contributed by atoms with E-state index in [1.165, 1.54) is 29.0 Å². The molecule has 0 N–H and O–H groups in total. The molecule has 23 heavy (non-hydrogen) atoms. The number of benzene rings is 2. The molecule has 0 aliphatic heterocycles. The van der Waals surface area contributed by atoms with Crippen molar-refractivity contribution in [2.75, 3.05) is 0 Å². The number of hydrogen-bond donors (Lipinski definition) is 0. The number of nitrogens with zero attached hydrogens (tertiary/aromatic N) is 1. The van der Waals surface area contributed by atoms with Crippen LogP contribution in [-0.4, -0.2) is 19.1 Å². The standard InChI is InChI=1S/C16H12FNO4S/c17-23(20,21)14-6-7-15-13(10-14)8-9-18(15)16(19)22-11-12-4-2-1-3-5-12/h1-10H,11H2. The summed E-state index contributed by atoms with van der Waals surface area (Å²) < 4.78 is 41.3. The molecule has 3 rings (SSSR count). The lowest BCUT2D eigenvalue weighted by molar-refractivity contribution is 0.142. The van der Waals surface area contributed by atoms with E-state index in [9.17, 15) is 17.1 Å². The molecular weight excluding hydrogens is 321 g/mol. The third-order valence-electron chi connectivity index (χ3n) is 3.35. The van der Waals surface area contributed by atoms with Gasteiger partial charge in [0, 0.05) is 11.6 Å². The molecule has 0 fully saturated rings. The fraction of sp³-hybridized carbons (Fsp3) is 0.0625. The van der Waals surface area contributed by atoms with Gasteiger partial charge in [0.25, 0.3) is 0 Å². The first-order valence-corrected chi connectivity index (χ1v) is 8.10. The molecule has 1 aromatic heterocycles. The van der Waals surface area contributed by atoms with Crippen molar-refractivity contribution in [2.45, 2.75) is 11.5 Å². The maximum absolute atomic E-state index is 13.0. The topological polar surface area (TPSA) is 65.4 Å². The predicted octanol–water partition coefficient (Wildman–Crippen LogP) is 3.48. The van der Waals surface area contributed by atoms with E-state index in [0.29, 0.717) is 10.9 Å². The minimum Gasteiger partial charge on any atom is -0.444 e. The monoisotopic (exact) mass is 333 g/mol. The number of ether oxygens (including phenoxy) is 1. The van der Waals surface area contributed by atoms with Crippen molar-refractivity contribution in [1.82, 2.24) is 4.57 Å². The van der Waals surface area contributed by atoms with Gasteiger partial charge in [-0.2, -0.15) is 8.42 Å². The molecule has 7 heteroatoms. The molecule has 0 aliphatic carbocycles. The summed E-state index contributed by atoms with van der Waals surface area (Å²) in [6, 6.07) is 14.4. The van der Waals surface area contributed by atoms with Gasteiger partial charge in [-0.15, -0.1) is 3.89 Å². The van der Waals surface area contributed by atoms with Gasteiger partial charge in [-0.25, -0.2) is 4.79 Å². The third-order valence-corrected chi connectivity index (χ3v) is 4.16. The molecule has 0 saturated heterocycles. The minimum atomic E-state index is -4.78. The number of halogens is 1. The van der Waals surface area contributed by atoms with Gasteiger partial charge >= 0.3 is 16.3 Å². The van der Waals surface area contributed by atoms with Crippen molar-refractivity contribution < 1.29 is 21.8 Å². The normalized spacial score (nSPS) is 11.5. The highest BCUT2D eigenvalue weighted by Gasteiger charge is 2.15. The molecule has 0 spiro atoms. The minimum absolute atomic E-state index is 0.121. The molecule has 0 radical (unpaired) electrons. The van der Waals surface area contributed by atoms with E-state index in [4.69, 9.17) is 4.74 Å². The molecule has 3 aromatic rings. The van der Waals surface area contributed by atoms with Gasteiger partial charge in [0.2, 0.25) is 0 Å². The van der Waals surface area contributed by atoms with Crippen LogP contribution in [0.2, 0.25) is 0 Å². The Hall–Kier alpha value is -2.67. The summed E-state index contributed by atoms with van der Waals surface area (Å²) in [5, 5.41) is 0.431. The smallest absolute Gasteiger partial charge is 0.418 e. The summed E-state index contributed by atoms with van der Waals surface area (Å²) in [6.45, 7) is 0.121. The summed E-state index contributed by atoms with van der Waals surface area (Å²) in [7, 11) is -4.78. The molecule has 0 bridgehead atoms. The van der Waals surface area contributed by atoms with Crippen LogP contribution in [-0.2, 0) is 21.6 Å². The van der Waals surface area contributed by atoms with Crippen LogP contribution in [0.3, 0.4) is 0 Å². The second-order valence-corrected chi connectivity index (χ2v) is 6.23. The maximum atomic E-state index is 13.0. The van der Waals surface area contributed by atoms with Crippen LogP contribution in [0.1, 0.15) is 5.56 Å². The van der Waals surface area contributed by atoms with Crippen LogP contribution in [0, 0.1) is 0 Å². The molecule has 0 unspecified atom stereocenters. The Morgan fingerprint density at radius 2 is 1.83 bits per heavy atom. The highest BCUT2D eigenvalue weighted by molar-refractivity contribution is 7.86. The van der Waals surface area contributed by atoms with E-state index >= 15 is 0 Å². The van der Waals surface area contributed by atoms with Crippen LogP contribution in [0.5, 0.6) is 0 Å². The van der Waals surface area contributed by atoms with E-state index in [0.717, 1.165) is 11.6 Å². The average molecular weight is 333 g/mol. The molecule has 5 nitrogen and oxygen atoms in total. The lowest BCUT2D eigenvalue weighted by Gasteiger charge is -2.06. The number of carbonyl (C=O) groups is 1. The first-order chi connectivity index (χ1) is 10.9. The van der Waals surface area contributed by atoms with E-state index in [1.807, 2.05) is 30.3 Å². The van der Waals surface area contributed by atoms with E-state index in [1.54, 1.807) is 0 Å². The fourth-order valence-corrected chi connectivity index (χ4v) is 2.72. The van der Waals surface area contributed by atoms with Crippen molar-refractivity contribution in [3.05, 3.63) is 66.4 Å². The maximum Gasteiger partial charge on any atom is 0.418 e. The molecule has 2 aromatic carbocycles. The number of aromatic nitrogens is 1. The van der Waals surface area contributed by atoms with Gasteiger partial charge in [-0.1, -0.05) is 30.3 Å². The average Bonchev–Trinajstić information content (AvgIpc) is 2.96. The summed E-state index contributed by atoms with van der Waals surface area (Å²) in [6.07, 6.45) is 0.854. The number of carbonyl (C=O) groups excluding carboxylic acids is 1. The fourth-order valence-electron chi connectivity index (χ4n) is 2.22. The van der Waals surface area contributed by atoms with Gasteiger partial charge in [-0.05, 0) is 29.8 Å². The third kappa shape index (κ3) is 3.24.